The third-order valence-electron chi connectivity index (χ3n) is 9.22. The molecule has 3 aromatic rings. The average molecular weight is 653 g/mol. The molecule has 1 N–H and O–H groups in total. The molecule has 4 aliphatic rings. The van der Waals surface area contributed by atoms with E-state index in [0.29, 0.717) is 39.6 Å². The summed E-state index contributed by atoms with van der Waals surface area (Å²) in [5, 5.41) is 4.25. The zero-order valence-electron chi connectivity index (χ0n) is 25.3. The zero-order valence-corrected chi connectivity index (χ0v) is 26.8. The van der Waals surface area contributed by atoms with Crippen LogP contribution in [0, 0.1) is 11.8 Å². The SMILES string of the molecule is O=C(NCC1CCN(Cc2cc(Oc3cnc(N4CCN(C5COC5)CC4)nc3)nc(-c3cc(Cl)cc(Cl)c3)c2)CC1)C1CC1. The molecule has 0 bridgehead atoms. The summed E-state index contributed by atoms with van der Waals surface area (Å²) >= 11 is 12.7. The van der Waals surface area contributed by atoms with E-state index in [1.807, 2.05) is 18.2 Å². The quantitative estimate of drug-likeness (QED) is 0.328. The Labute approximate surface area is 274 Å². The number of carbonyl (C=O) groups excluding carboxylic acids is 1. The van der Waals surface area contributed by atoms with Gasteiger partial charge in [0, 0.05) is 66.9 Å². The lowest BCUT2D eigenvalue weighted by Gasteiger charge is -2.42. The van der Waals surface area contributed by atoms with Crippen molar-refractivity contribution in [2.45, 2.75) is 38.3 Å². The Hall–Kier alpha value is -3.02. The highest BCUT2D eigenvalue weighted by atomic mass is 35.5. The number of hydrogen-bond acceptors (Lipinski definition) is 9. The Bertz CT molecular complexity index is 1470. The van der Waals surface area contributed by atoms with Crippen LogP contribution < -0.4 is 15.0 Å². The first kappa shape index (κ1) is 30.6. The number of rotatable bonds is 10. The number of amides is 1. The summed E-state index contributed by atoms with van der Waals surface area (Å²) in [6, 6.07) is 10.0. The second-order valence-electron chi connectivity index (χ2n) is 12.6. The second-order valence-corrected chi connectivity index (χ2v) is 13.5. The smallest absolute Gasteiger partial charge is 0.225 e. The molecule has 238 valence electrons. The molecule has 0 radical (unpaired) electrons. The third kappa shape index (κ3) is 7.86. The van der Waals surface area contributed by atoms with Crippen molar-refractivity contribution in [3.8, 4) is 22.9 Å². The summed E-state index contributed by atoms with van der Waals surface area (Å²) in [6.07, 6.45) is 7.63. The molecule has 3 saturated heterocycles. The van der Waals surface area contributed by atoms with Gasteiger partial charge in [-0.15, -0.1) is 0 Å². The summed E-state index contributed by atoms with van der Waals surface area (Å²) in [5.41, 5.74) is 2.64. The molecule has 0 spiro atoms. The molecule has 0 unspecified atom stereocenters. The molecule has 1 saturated carbocycles. The van der Waals surface area contributed by atoms with Gasteiger partial charge in [0.2, 0.25) is 17.7 Å². The van der Waals surface area contributed by atoms with Gasteiger partial charge in [0.15, 0.2) is 5.75 Å². The largest absolute Gasteiger partial charge is 0.436 e. The highest BCUT2D eigenvalue weighted by molar-refractivity contribution is 6.35. The number of piperidine rings is 1. The number of nitrogens with zero attached hydrogens (tertiary/aromatic N) is 6. The molecule has 7 rings (SSSR count). The monoisotopic (exact) mass is 651 g/mol. The van der Waals surface area contributed by atoms with Crippen molar-refractivity contribution in [2.24, 2.45) is 11.8 Å². The first-order valence-corrected chi connectivity index (χ1v) is 16.7. The lowest BCUT2D eigenvalue weighted by Crippen LogP contribution is -2.56. The molecule has 1 amide bonds. The highest BCUT2D eigenvalue weighted by Gasteiger charge is 2.31. The van der Waals surface area contributed by atoms with Gasteiger partial charge >= 0.3 is 0 Å². The molecule has 10 nitrogen and oxygen atoms in total. The number of halogens is 2. The summed E-state index contributed by atoms with van der Waals surface area (Å²) in [5.74, 6) is 2.71. The predicted molar refractivity (Wildman–Crippen MR) is 174 cm³/mol. The molecule has 5 heterocycles. The Balaban J connectivity index is 1.02. The van der Waals surface area contributed by atoms with Gasteiger partial charge in [-0.2, -0.15) is 0 Å². The van der Waals surface area contributed by atoms with Crippen LogP contribution in [0.1, 0.15) is 31.2 Å². The maximum absolute atomic E-state index is 12.1. The van der Waals surface area contributed by atoms with E-state index < -0.39 is 0 Å². The average Bonchev–Trinajstić information content (AvgIpc) is 3.86. The number of nitrogens with one attached hydrogen (secondary N) is 1. The van der Waals surface area contributed by atoms with Crippen LogP contribution in [0.2, 0.25) is 10.0 Å². The maximum atomic E-state index is 12.1. The van der Waals surface area contributed by atoms with Crippen molar-refractivity contribution in [3.05, 3.63) is 58.3 Å². The number of anilines is 1. The lowest BCUT2D eigenvalue weighted by molar-refractivity contribution is -0.122. The molecule has 3 aliphatic heterocycles. The topological polar surface area (TPSA) is 96.0 Å². The van der Waals surface area contributed by atoms with Crippen LogP contribution in [0.4, 0.5) is 5.95 Å². The van der Waals surface area contributed by atoms with Crippen molar-refractivity contribution in [1.82, 2.24) is 30.1 Å². The molecule has 12 heteroatoms. The van der Waals surface area contributed by atoms with Crippen molar-refractivity contribution in [1.29, 1.82) is 0 Å². The summed E-state index contributed by atoms with van der Waals surface area (Å²) in [6.45, 7) is 8.90. The van der Waals surface area contributed by atoms with E-state index in [2.05, 4.69) is 36.1 Å². The lowest BCUT2D eigenvalue weighted by atomic mass is 9.96. The number of aromatic nitrogens is 3. The van der Waals surface area contributed by atoms with Crippen LogP contribution in [-0.4, -0.2) is 95.7 Å². The minimum Gasteiger partial charge on any atom is -0.436 e. The molecule has 1 aliphatic carbocycles. The standard InChI is InChI=1S/C33H39Cl2N7O3/c34-26-13-25(14-27(35)15-26)30-11-23(19-40-5-3-22(4-6-40)16-36-32(43)24-1-2-24)12-31(39-30)45-29-17-37-33(38-18-29)42-9-7-41(8-10-42)28-20-44-21-28/h11-15,17-18,22,24,28H,1-10,16,19-21H2,(H,36,43). The van der Waals surface area contributed by atoms with Gasteiger partial charge in [-0.25, -0.2) is 15.0 Å². The molecular formula is C33H39Cl2N7O3. The third-order valence-corrected chi connectivity index (χ3v) is 9.65. The van der Waals surface area contributed by atoms with E-state index in [9.17, 15) is 4.79 Å². The van der Waals surface area contributed by atoms with E-state index >= 15 is 0 Å². The van der Waals surface area contributed by atoms with Gasteiger partial charge in [0.1, 0.15) is 0 Å². The minimum absolute atomic E-state index is 0.230. The number of likely N-dealkylation sites (tertiary alicyclic amines) is 1. The number of benzene rings is 1. The van der Waals surface area contributed by atoms with Gasteiger partial charge < -0.3 is 19.7 Å². The number of ether oxygens (including phenoxy) is 2. The predicted octanol–water partition coefficient (Wildman–Crippen LogP) is 4.90. The first-order valence-electron chi connectivity index (χ1n) is 16.0. The molecule has 4 fully saturated rings. The van der Waals surface area contributed by atoms with Gasteiger partial charge in [0.05, 0.1) is 37.3 Å². The van der Waals surface area contributed by atoms with Gasteiger partial charge in [-0.3, -0.25) is 14.6 Å². The van der Waals surface area contributed by atoms with Crippen molar-refractivity contribution >= 4 is 35.1 Å². The Morgan fingerprint density at radius 1 is 0.911 bits per heavy atom. The van der Waals surface area contributed by atoms with Crippen LogP contribution in [0.25, 0.3) is 11.3 Å². The number of hydrogen-bond donors (Lipinski definition) is 1. The summed E-state index contributed by atoms with van der Waals surface area (Å²) < 4.78 is 11.6. The zero-order chi connectivity index (χ0) is 30.8. The highest BCUT2D eigenvalue weighted by Crippen LogP contribution is 2.32. The summed E-state index contributed by atoms with van der Waals surface area (Å²) in [7, 11) is 0. The molecular weight excluding hydrogens is 613 g/mol. The van der Waals surface area contributed by atoms with Crippen molar-refractivity contribution < 1.29 is 14.3 Å². The first-order chi connectivity index (χ1) is 21.9. The number of piperazine rings is 1. The Morgan fingerprint density at radius 3 is 2.27 bits per heavy atom. The van der Waals surface area contributed by atoms with E-state index in [4.69, 9.17) is 37.7 Å². The van der Waals surface area contributed by atoms with Crippen molar-refractivity contribution in [2.75, 3.05) is 63.9 Å². The fourth-order valence-corrected chi connectivity index (χ4v) is 6.79. The molecule has 1 aromatic carbocycles. The second kappa shape index (κ2) is 13.8. The van der Waals surface area contributed by atoms with Crippen LogP contribution in [0.15, 0.2) is 42.7 Å². The number of carbonyl (C=O) groups is 1. The normalized spacial score (nSPS) is 20.2. The van der Waals surface area contributed by atoms with Crippen LogP contribution in [0.5, 0.6) is 11.6 Å². The van der Waals surface area contributed by atoms with E-state index in [1.54, 1.807) is 18.5 Å². The van der Waals surface area contributed by atoms with E-state index in [0.717, 1.165) is 108 Å². The van der Waals surface area contributed by atoms with Crippen molar-refractivity contribution in [3.63, 3.8) is 0 Å². The van der Waals surface area contributed by atoms with Crippen LogP contribution in [-0.2, 0) is 16.1 Å². The molecule has 0 atom stereocenters. The van der Waals surface area contributed by atoms with Crippen LogP contribution in [0.3, 0.4) is 0 Å². The fourth-order valence-electron chi connectivity index (χ4n) is 6.26. The Morgan fingerprint density at radius 2 is 1.62 bits per heavy atom. The van der Waals surface area contributed by atoms with Gasteiger partial charge in [0.25, 0.3) is 0 Å². The Kier molecular flexibility index (Phi) is 9.37. The minimum atomic E-state index is 0.230. The number of pyridine rings is 1. The summed E-state index contributed by atoms with van der Waals surface area (Å²) in [4.78, 5) is 33.3. The molecule has 45 heavy (non-hydrogen) atoms. The van der Waals surface area contributed by atoms with E-state index in [1.165, 1.54) is 0 Å². The van der Waals surface area contributed by atoms with E-state index in [-0.39, 0.29) is 11.8 Å². The van der Waals surface area contributed by atoms with Gasteiger partial charge in [-0.1, -0.05) is 23.2 Å². The maximum Gasteiger partial charge on any atom is 0.225 e. The molecule has 2 aromatic heterocycles. The van der Waals surface area contributed by atoms with Crippen LogP contribution >= 0.6 is 23.2 Å². The van der Waals surface area contributed by atoms with Gasteiger partial charge in [-0.05, 0) is 74.5 Å². The fraction of sp³-hybridized carbons (Fsp3) is 0.515.